The van der Waals surface area contributed by atoms with E-state index in [-0.39, 0.29) is 11.8 Å². The van der Waals surface area contributed by atoms with Crippen LogP contribution in [0.15, 0.2) is 78.6 Å². The molecule has 0 saturated heterocycles. The van der Waals surface area contributed by atoms with Crippen molar-refractivity contribution in [2.45, 2.75) is 19.8 Å². The van der Waals surface area contributed by atoms with Crippen molar-refractivity contribution < 1.29 is 9.59 Å². The van der Waals surface area contributed by atoms with Crippen LogP contribution in [0.2, 0.25) is 0 Å². The van der Waals surface area contributed by atoms with Crippen molar-refractivity contribution in [3.05, 3.63) is 89.8 Å². The highest BCUT2D eigenvalue weighted by Crippen LogP contribution is 2.20. The number of benzene rings is 2. The fraction of sp³-hybridized carbons (Fsp3) is 0.182. The van der Waals surface area contributed by atoms with Gasteiger partial charge in [-0.15, -0.1) is 0 Å². The summed E-state index contributed by atoms with van der Waals surface area (Å²) in [5, 5.41) is 2.84. The number of amides is 2. The molecule has 0 saturated carbocycles. The predicted molar refractivity (Wildman–Crippen MR) is 103 cm³/mol. The van der Waals surface area contributed by atoms with Gasteiger partial charge >= 0.3 is 0 Å². The van der Waals surface area contributed by atoms with Gasteiger partial charge in [-0.1, -0.05) is 54.6 Å². The molecule has 0 radical (unpaired) electrons. The molecular formula is C22H22N2O2. The molecule has 0 aromatic heterocycles. The number of hydrogen-bond donors (Lipinski definition) is 1. The zero-order valence-electron chi connectivity index (χ0n) is 14.8. The fourth-order valence-electron chi connectivity index (χ4n) is 2.88. The minimum atomic E-state index is -0.287. The average molecular weight is 346 g/mol. The number of allylic oxidation sites excluding steroid dienone is 2. The fourth-order valence-corrected chi connectivity index (χ4v) is 2.88. The molecule has 0 fully saturated rings. The number of carbonyl (C=O) groups excluding carboxylic acids is 2. The van der Waals surface area contributed by atoms with Gasteiger partial charge in [0.05, 0.1) is 0 Å². The van der Waals surface area contributed by atoms with E-state index < -0.39 is 0 Å². The first-order valence-electron chi connectivity index (χ1n) is 8.77. The van der Waals surface area contributed by atoms with Crippen LogP contribution in [0.5, 0.6) is 0 Å². The molecule has 0 atom stereocenters. The molecule has 1 aliphatic heterocycles. The molecule has 132 valence electrons. The third-order valence-corrected chi connectivity index (χ3v) is 4.39. The Morgan fingerprint density at radius 1 is 0.923 bits per heavy atom. The van der Waals surface area contributed by atoms with Gasteiger partial charge in [0, 0.05) is 18.3 Å². The van der Waals surface area contributed by atoms with Gasteiger partial charge < -0.3 is 10.2 Å². The molecule has 2 aromatic carbocycles. The Kier molecular flexibility index (Phi) is 5.64. The lowest BCUT2D eigenvalue weighted by atomic mass is 10.0. The molecule has 0 aliphatic carbocycles. The lowest BCUT2D eigenvalue weighted by Gasteiger charge is -2.24. The summed E-state index contributed by atoms with van der Waals surface area (Å²) in [6.07, 6.45) is 5.68. The van der Waals surface area contributed by atoms with Crippen LogP contribution >= 0.6 is 0 Å². The molecule has 4 heteroatoms. The SMILES string of the molecule is C/C(=C(/NC(=O)c1ccccc1)C(=O)N1C=CCCC1)c1ccccc1. The maximum atomic E-state index is 13.1. The first-order chi connectivity index (χ1) is 12.7. The Labute approximate surface area is 153 Å². The van der Waals surface area contributed by atoms with Gasteiger partial charge in [0.15, 0.2) is 0 Å². The second-order valence-corrected chi connectivity index (χ2v) is 6.21. The van der Waals surface area contributed by atoms with Crippen LogP contribution in [0.1, 0.15) is 35.7 Å². The monoisotopic (exact) mass is 346 g/mol. The molecular weight excluding hydrogens is 324 g/mol. The lowest BCUT2D eigenvalue weighted by Crippen LogP contribution is -2.37. The standard InChI is InChI=1S/C22H22N2O2/c1-17(18-11-5-2-6-12-18)20(22(26)24-15-9-4-10-16-24)23-21(25)19-13-7-3-8-14-19/h2-3,5-9,11-15H,4,10,16H2,1H3,(H,23,25)/b20-17-. The minimum Gasteiger partial charge on any atom is -0.317 e. The van der Waals surface area contributed by atoms with Gasteiger partial charge in [0.25, 0.3) is 11.8 Å². The quantitative estimate of drug-likeness (QED) is 0.851. The van der Waals surface area contributed by atoms with Gasteiger partial charge in [-0.05, 0) is 43.0 Å². The topological polar surface area (TPSA) is 49.4 Å². The van der Waals surface area contributed by atoms with Crippen LogP contribution in [0.25, 0.3) is 5.57 Å². The maximum absolute atomic E-state index is 13.1. The Bertz CT molecular complexity index is 839. The van der Waals surface area contributed by atoms with Crippen molar-refractivity contribution in [1.29, 1.82) is 0 Å². The van der Waals surface area contributed by atoms with E-state index in [4.69, 9.17) is 0 Å². The normalized spacial score (nSPS) is 14.6. The zero-order valence-corrected chi connectivity index (χ0v) is 14.8. The van der Waals surface area contributed by atoms with E-state index in [0.29, 0.717) is 17.8 Å². The molecule has 0 bridgehead atoms. The second kappa shape index (κ2) is 8.30. The summed E-state index contributed by atoms with van der Waals surface area (Å²) in [5.74, 6) is -0.475. The summed E-state index contributed by atoms with van der Waals surface area (Å²) >= 11 is 0. The molecule has 0 spiro atoms. The van der Waals surface area contributed by atoms with Crippen molar-refractivity contribution in [2.75, 3.05) is 6.54 Å². The summed E-state index contributed by atoms with van der Waals surface area (Å²) in [6.45, 7) is 2.52. The molecule has 4 nitrogen and oxygen atoms in total. The van der Waals surface area contributed by atoms with E-state index >= 15 is 0 Å². The van der Waals surface area contributed by atoms with Gasteiger partial charge in [-0.3, -0.25) is 9.59 Å². The van der Waals surface area contributed by atoms with E-state index in [0.717, 1.165) is 24.0 Å². The first-order valence-corrected chi connectivity index (χ1v) is 8.77. The molecule has 1 aliphatic rings. The van der Waals surface area contributed by atoms with Gasteiger partial charge in [-0.25, -0.2) is 0 Å². The van der Waals surface area contributed by atoms with Crippen LogP contribution in [-0.2, 0) is 4.79 Å². The minimum absolute atomic E-state index is 0.188. The first kappa shape index (κ1) is 17.7. The highest BCUT2D eigenvalue weighted by Gasteiger charge is 2.23. The molecule has 1 N–H and O–H groups in total. The van der Waals surface area contributed by atoms with E-state index in [9.17, 15) is 9.59 Å². The Morgan fingerprint density at radius 2 is 1.54 bits per heavy atom. The van der Waals surface area contributed by atoms with E-state index in [1.165, 1.54) is 0 Å². The number of nitrogens with zero attached hydrogens (tertiary/aromatic N) is 1. The summed E-state index contributed by atoms with van der Waals surface area (Å²) in [7, 11) is 0. The van der Waals surface area contributed by atoms with Crippen molar-refractivity contribution in [2.24, 2.45) is 0 Å². The summed E-state index contributed by atoms with van der Waals surface area (Å²) < 4.78 is 0. The largest absolute Gasteiger partial charge is 0.317 e. The van der Waals surface area contributed by atoms with Crippen LogP contribution in [0, 0.1) is 0 Å². The summed E-state index contributed by atoms with van der Waals surface area (Å²) in [5.41, 5.74) is 2.49. The average Bonchev–Trinajstić information content (AvgIpc) is 2.73. The zero-order chi connectivity index (χ0) is 18.4. The molecule has 2 amide bonds. The van der Waals surface area contributed by atoms with Crippen molar-refractivity contribution in [3.8, 4) is 0 Å². The molecule has 26 heavy (non-hydrogen) atoms. The number of rotatable bonds is 4. The van der Waals surface area contributed by atoms with Crippen molar-refractivity contribution >= 4 is 17.4 Å². The summed E-state index contributed by atoms with van der Waals surface area (Å²) in [4.78, 5) is 27.4. The third-order valence-electron chi connectivity index (χ3n) is 4.39. The predicted octanol–water partition coefficient (Wildman–Crippen LogP) is 3.98. The number of nitrogens with one attached hydrogen (secondary N) is 1. The number of carbonyl (C=O) groups is 2. The maximum Gasteiger partial charge on any atom is 0.274 e. The molecule has 3 rings (SSSR count). The van der Waals surface area contributed by atoms with Crippen LogP contribution in [0.4, 0.5) is 0 Å². The highest BCUT2D eigenvalue weighted by molar-refractivity contribution is 6.07. The van der Waals surface area contributed by atoms with E-state index in [1.54, 1.807) is 35.4 Å². The smallest absolute Gasteiger partial charge is 0.274 e. The van der Waals surface area contributed by atoms with Gasteiger partial charge in [0.1, 0.15) is 5.70 Å². The Balaban J connectivity index is 1.96. The lowest BCUT2D eigenvalue weighted by molar-refractivity contribution is -0.125. The van der Waals surface area contributed by atoms with Crippen molar-refractivity contribution in [1.82, 2.24) is 10.2 Å². The Hall–Kier alpha value is -3.14. The summed E-state index contributed by atoms with van der Waals surface area (Å²) in [6, 6.07) is 18.6. The van der Waals surface area contributed by atoms with E-state index in [1.807, 2.05) is 49.4 Å². The van der Waals surface area contributed by atoms with Gasteiger partial charge in [0.2, 0.25) is 0 Å². The number of hydrogen-bond acceptors (Lipinski definition) is 2. The highest BCUT2D eigenvalue weighted by atomic mass is 16.2. The van der Waals surface area contributed by atoms with Crippen LogP contribution < -0.4 is 5.32 Å². The Morgan fingerprint density at radius 3 is 2.12 bits per heavy atom. The second-order valence-electron chi connectivity index (χ2n) is 6.21. The van der Waals surface area contributed by atoms with E-state index in [2.05, 4.69) is 5.32 Å². The molecule has 0 unspecified atom stereocenters. The molecule has 2 aromatic rings. The van der Waals surface area contributed by atoms with Crippen LogP contribution in [-0.4, -0.2) is 23.3 Å². The molecule has 1 heterocycles. The van der Waals surface area contributed by atoms with Crippen molar-refractivity contribution in [3.63, 3.8) is 0 Å². The van der Waals surface area contributed by atoms with Crippen LogP contribution in [0.3, 0.4) is 0 Å². The third kappa shape index (κ3) is 4.09. The van der Waals surface area contributed by atoms with Gasteiger partial charge in [-0.2, -0.15) is 0 Å².